The Bertz CT molecular complexity index is 910. The zero-order chi connectivity index (χ0) is 23.1. The highest BCUT2D eigenvalue weighted by Crippen LogP contribution is 2.26. The third kappa shape index (κ3) is 7.15. The van der Waals surface area contributed by atoms with Gasteiger partial charge in [-0.1, -0.05) is 42.3 Å². The van der Waals surface area contributed by atoms with E-state index < -0.39 is 6.04 Å². The summed E-state index contributed by atoms with van der Waals surface area (Å²) in [5.74, 6) is 0.0621. The van der Waals surface area contributed by atoms with E-state index in [2.05, 4.69) is 5.32 Å². The van der Waals surface area contributed by atoms with Crippen LogP contribution in [0, 0.1) is 13.8 Å². The monoisotopic (exact) mass is 464 g/mol. The Morgan fingerprint density at radius 3 is 2.32 bits per heavy atom. The summed E-state index contributed by atoms with van der Waals surface area (Å²) < 4.78 is 5.75. The standard InChI is InChI=1S/C24H30Cl2N2O3/c1-6-17(4)27-24(30)18(5)28(13-19-8-7-9-20(25)12-19)22(29)14-31-21-10-15(2)23(26)16(3)11-21/h7-12,17-18H,6,13-14H2,1-5H3,(H,27,30). The van der Waals surface area contributed by atoms with Crippen molar-refractivity contribution in [3.05, 3.63) is 63.1 Å². The second-order valence-electron chi connectivity index (χ2n) is 7.81. The van der Waals surface area contributed by atoms with Gasteiger partial charge in [0.2, 0.25) is 5.91 Å². The summed E-state index contributed by atoms with van der Waals surface area (Å²) in [6, 6.07) is 10.2. The Labute approximate surface area is 194 Å². The number of hydrogen-bond donors (Lipinski definition) is 1. The number of aryl methyl sites for hydroxylation is 2. The van der Waals surface area contributed by atoms with Crippen molar-refractivity contribution in [1.29, 1.82) is 0 Å². The average Bonchev–Trinajstić information content (AvgIpc) is 2.73. The summed E-state index contributed by atoms with van der Waals surface area (Å²) >= 11 is 12.3. The van der Waals surface area contributed by atoms with Crippen LogP contribution in [0.5, 0.6) is 5.75 Å². The average molecular weight is 465 g/mol. The van der Waals surface area contributed by atoms with Crippen molar-refractivity contribution >= 4 is 35.0 Å². The van der Waals surface area contributed by atoms with Crippen LogP contribution in [0.2, 0.25) is 10.0 Å². The van der Waals surface area contributed by atoms with Crippen molar-refractivity contribution in [3.63, 3.8) is 0 Å². The van der Waals surface area contributed by atoms with Crippen LogP contribution < -0.4 is 10.1 Å². The van der Waals surface area contributed by atoms with Crippen molar-refractivity contribution in [3.8, 4) is 5.75 Å². The van der Waals surface area contributed by atoms with Crippen molar-refractivity contribution in [2.75, 3.05) is 6.61 Å². The van der Waals surface area contributed by atoms with Crippen molar-refractivity contribution < 1.29 is 14.3 Å². The highest BCUT2D eigenvalue weighted by atomic mass is 35.5. The molecule has 7 heteroatoms. The van der Waals surface area contributed by atoms with E-state index in [1.165, 1.54) is 4.90 Å². The van der Waals surface area contributed by atoms with Gasteiger partial charge in [-0.2, -0.15) is 0 Å². The molecule has 0 saturated heterocycles. The first-order valence-electron chi connectivity index (χ1n) is 10.4. The number of ether oxygens (including phenoxy) is 1. The molecule has 0 aliphatic heterocycles. The van der Waals surface area contributed by atoms with Gasteiger partial charge in [-0.3, -0.25) is 9.59 Å². The molecule has 5 nitrogen and oxygen atoms in total. The van der Waals surface area contributed by atoms with Crippen LogP contribution in [0.25, 0.3) is 0 Å². The molecule has 31 heavy (non-hydrogen) atoms. The number of rotatable bonds is 9. The number of benzene rings is 2. The maximum atomic E-state index is 13.1. The molecule has 2 atom stereocenters. The predicted octanol–water partition coefficient (Wildman–Crippen LogP) is 5.32. The van der Waals surface area contributed by atoms with Crippen LogP contribution in [0.3, 0.4) is 0 Å². The number of hydrogen-bond acceptors (Lipinski definition) is 3. The minimum absolute atomic E-state index is 0.0225. The lowest BCUT2D eigenvalue weighted by atomic mass is 10.1. The van der Waals surface area contributed by atoms with E-state index in [1.807, 2.05) is 39.8 Å². The molecule has 0 radical (unpaired) electrons. The first-order chi connectivity index (χ1) is 14.6. The van der Waals surface area contributed by atoms with E-state index in [0.717, 1.165) is 23.1 Å². The lowest BCUT2D eigenvalue weighted by Crippen LogP contribution is -2.50. The molecular weight excluding hydrogens is 435 g/mol. The van der Waals surface area contributed by atoms with Gasteiger partial charge in [-0.25, -0.2) is 0 Å². The lowest BCUT2D eigenvalue weighted by Gasteiger charge is -2.29. The van der Waals surface area contributed by atoms with E-state index in [-0.39, 0.29) is 31.0 Å². The lowest BCUT2D eigenvalue weighted by molar-refractivity contribution is -0.142. The third-order valence-corrected chi connectivity index (χ3v) is 6.01. The highest BCUT2D eigenvalue weighted by molar-refractivity contribution is 6.32. The number of carbonyl (C=O) groups excluding carboxylic acids is 2. The van der Waals surface area contributed by atoms with Crippen LogP contribution in [-0.4, -0.2) is 35.4 Å². The van der Waals surface area contributed by atoms with E-state index in [1.54, 1.807) is 31.2 Å². The van der Waals surface area contributed by atoms with Gasteiger partial charge >= 0.3 is 0 Å². The van der Waals surface area contributed by atoms with E-state index in [4.69, 9.17) is 27.9 Å². The number of carbonyl (C=O) groups is 2. The Balaban J connectivity index is 2.19. The first kappa shape index (κ1) is 25.0. The molecule has 0 bridgehead atoms. The fourth-order valence-corrected chi connectivity index (χ4v) is 3.42. The fourth-order valence-electron chi connectivity index (χ4n) is 3.10. The maximum absolute atomic E-state index is 13.1. The molecule has 1 N–H and O–H groups in total. The quantitative estimate of drug-likeness (QED) is 0.545. The van der Waals surface area contributed by atoms with E-state index in [0.29, 0.717) is 15.8 Å². The summed E-state index contributed by atoms with van der Waals surface area (Å²) in [6.45, 7) is 9.47. The number of nitrogens with zero attached hydrogens (tertiary/aromatic N) is 1. The van der Waals surface area contributed by atoms with Gasteiger partial charge in [-0.15, -0.1) is 0 Å². The summed E-state index contributed by atoms with van der Waals surface area (Å²) in [7, 11) is 0. The minimum Gasteiger partial charge on any atom is -0.484 e. The number of nitrogens with one attached hydrogen (secondary N) is 1. The van der Waals surface area contributed by atoms with E-state index in [9.17, 15) is 9.59 Å². The molecule has 0 aliphatic rings. The molecule has 0 fully saturated rings. The molecule has 0 saturated carbocycles. The van der Waals surface area contributed by atoms with Gasteiger partial charge in [0.1, 0.15) is 11.8 Å². The zero-order valence-electron chi connectivity index (χ0n) is 18.7. The van der Waals surface area contributed by atoms with Crippen LogP contribution >= 0.6 is 23.2 Å². The van der Waals surface area contributed by atoms with Gasteiger partial charge in [0, 0.05) is 22.6 Å². The molecular formula is C24H30Cl2N2O3. The molecule has 2 amide bonds. The SMILES string of the molecule is CCC(C)NC(=O)C(C)N(Cc1cccc(Cl)c1)C(=O)COc1cc(C)c(Cl)c(C)c1. The second kappa shape index (κ2) is 11.4. The van der Waals surface area contributed by atoms with Gasteiger partial charge in [-0.05, 0) is 75.1 Å². The van der Waals surface area contributed by atoms with Crippen molar-refractivity contribution in [1.82, 2.24) is 10.2 Å². The van der Waals surface area contributed by atoms with Gasteiger partial charge < -0.3 is 15.0 Å². The fraction of sp³-hybridized carbons (Fsp3) is 0.417. The van der Waals surface area contributed by atoms with Gasteiger partial charge in [0.25, 0.3) is 5.91 Å². The summed E-state index contributed by atoms with van der Waals surface area (Å²) in [4.78, 5) is 27.3. The molecule has 0 spiro atoms. The van der Waals surface area contributed by atoms with Crippen LogP contribution in [0.15, 0.2) is 36.4 Å². The first-order valence-corrected chi connectivity index (χ1v) is 11.1. The molecule has 2 aromatic rings. The Morgan fingerprint density at radius 2 is 1.74 bits per heavy atom. The molecule has 2 rings (SSSR count). The summed E-state index contributed by atoms with van der Waals surface area (Å²) in [5, 5.41) is 4.19. The minimum atomic E-state index is -0.669. The van der Waals surface area contributed by atoms with Crippen molar-refractivity contribution in [2.45, 2.75) is 59.7 Å². The van der Waals surface area contributed by atoms with E-state index >= 15 is 0 Å². The topological polar surface area (TPSA) is 58.6 Å². The number of amides is 2. The van der Waals surface area contributed by atoms with Crippen LogP contribution in [-0.2, 0) is 16.1 Å². The summed E-state index contributed by atoms with van der Waals surface area (Å²) in [6.07, 6.45) is 0.805. The smallest absolute Gasteiger partial charge is 0.261 e. The molecule has 2 unspecified atom stereocenters. The Morgan fingerprint density at radius 1 is 1.10 bits per heavy atom. The van der Waals surface area contributed by atoms with Crippen LogP contribution in [0.4, 0.5) is 0 Å². The molecule has 168 valence electrons. The Kier molecular flexibility index (Phi) is 9.20. The molecule has 0 heterocycles. The molecule has 0 aliphatic carbocycles. The maximum Gasteiger partial charge on any atom is 0.261 e. The van der Waals surface area contributed by atoms with Gasteiger partial charge in [0.05, 0.1) is 0 Å². The normalized spacial score (nSPS) is 12.7. The van der Waals surface area contributed by atoms with Crippen LogP contribution in [0.1, 0.15) is 43.9 Å². The summed E-state index contributed by atoms with van der Waals surface area (Å²) in [5.41, 5.74) is 2.59. The predicted molar refractivity (Wildman–Crippen MR) is 126 cm³/mol. The molecule has 2 aromatic carbocycles. The zero-order valence-corrected chi connectivity index (χ0v) is 20.2. The third-order valence-electron chi connectivity index (χ3n) is 5.18. The second-order valence-corrected chi connectivity index (χ2v) is 8.62. The van der Waals surface area contributed by atoms with Crippen molar-refractivity contribution in [2.24, 2.45) is 0 Å². The highest BCUT2D eigenvalue weighted by Gasteiger charge is 2.27. The Hall–Kier alpha value is -2.24. The molecule has 0 aromatic heterocycles. The largest absolute Gasteiger partial charge is 0.484 e. The van der Waals surface area contributed by atoms with Gasteiger partial charge in [0.15, 0.2) is 6.61 Å². The number of halogens is 2.